The first-order valence-corrected chi connectivity index (χ1v) is 19.8. The Labute approximate surface area is 361 Å². The Morgan fingerprint density at radius 3 is 1.23 bits per heavy atom. The summed E-state index contributed by atoms with van der Waals surface area (Å²) in [5, 5.41) is 0.612. The van der Waals surface area contributed by atoms with Crippen molar-refractivity contribution in [3.63, 3.8) is 0 Å². The number of rotatable bonds is 8. The van der Waals surface area contributed by atoms with E-state index in [2.05, 4.69) is 77.7 Å². The summed E-state index contributed by atoms with van der Waals surface area (Å²) < 4.78 is 79.7. The van der Waals surface area contributed by atoms with Gasteiger partial charge in [0.15, 0.2) is 0 Å². The maximum Gasteiger partial charge on any atom is 0.143 e. The predicted molar refractivity (Wildman–Crippen MR) is 253 cm³/mol. The lowest BCUT2D eigenvalue weighted by molar-refractivity contribution is 0.673. The first kappa shape index (κ1) is 27.7. The summed E-state index contributed by atoms with van der Waals surface area (Å²) in [6, 6.07) is 59.5. The monoisotopic (exact) mass is 773 g/mol. The lowest BCUT2D eigenvalue weighted by Crippen LogP contribution is -2.09. The van der Waals surface area contributed by atoms with E-state index in [-0.39, 0.29) is 74.5 Å². The molecule has 0 aliphatic heterocycles. The summed E-state index contributed by atoms with van der Waals surface area (Å²) in [6.07, 6.45) is 0. The van der Waals surface area contributed by atoms with Gasteiger partial charge in [0.1, 0.15) is 11.2 Å². The normalized spacial score (nSPS) is 13.2. The Balaban J connectivity index is 1.11. The molecule has 60 heavy (non-hydrogen) atoms. The molecule has 0 fully saturated rings. The van der Waals surface area contributed by atoms with E-state index in [9.17, 15) is 5.48 Å². The standard InChI is InChI=1S/C58H39NO/c1-4-13-40(14-5-1)43-23-25-46(26-24-43)51-21-12-22-56-57(51)55-39-54(52-19-10-11-20-53(52)58(55)60-56)47-31-37-50(38-32-47)59(48-33-27-44(28-34-48)41-15-6-2-7-16-41)49-35-29-45(30-36-49)42-17-8-3-9-18-42/h1-39H/i10D,11D,12D,19D,20D,21D,22D,39D. The number of hydrogen-bond acceptors (Lipinski definition) is 2. The minimum atomic E-state index is -0.472. The van der Waals surface area contributed by atoms with Crippen molar-refractivity contribution in [3.05, 3.63) is 236 Å². The molecular weight excluding hydrogens is 727 g/mol. The lowest BCUT2D eigenvalue weighted by Gasteiger charge is -2.26. The highest BCUT2D eigenvalue weighted by molar-refractivity contribution is 6.22. The van der Waals surface area contributed by atoms with E-state index < -0.39 is 12.1 Å². The second-order valence-electron chi connectivity index (χ2n) is 14.7. The second kappa shape index (κ2) is 15.1. The molecule has 0 aliphatic carbocycles. The van der Waals surface area contributed by atoms with Crippen molar-refractivity contribution in [1.29, 1.82) is 0 Å². The van der Waals surface area contributed by atoms with Gasteiger partial charge in [-0.25, -0.2) is 0 Å². The van der Waals surface area contributed by atoms with Crippen LogP contribution < -0.4 is 4.90 Å². The summed E-state index contributed by atoms with van der Waals surface area (Å²) in [5.74, 6) is 0. The van der Waals surface area contributed by atoms with Crippen LogP contribution in [0.5, 0.6) is 0 Å². The van der Waals surface area contributed by atoms with Crippen LogP contribution in [-0.2, 0) is 0 Å². The Kier molecular flexibility index (Phi) is 6.96. The SMILES string of the molecule is [2H]c1c([2H])c(-c2ccc(-c3ccccc3)cc2)c2c(oc3c4c([2H])c([2H])c([2H])c([2H])c4c(-c4ccc(N(c5ccc(-c6ccccc6)cc5)c5ccc(-c6ccccc6)cc5)cc4)c([2H])c32)c1[2H]. The first-order chi connectivity index (χ1) is 33.1. The van der Waals surface area contributed by atoms with Crippen LogP contribution >= 0.6 is 0 Å². The smallest absolute Gasteiger partial charge is 0.143 e. The highest BCUT2D eigenvalue weighted by Crippen LogP contribution is 2.44. The van der Waals surface area contributed by atoms with Crippen LogP contribution in [0.4, 0.5) is 17.1 Å². The lowest BCUT2D eigenvalue weighted by atomic mass is 9.93. The van der Waals surface area contributed by atoms with E-state index >= 15 is 0 Å². The molecule has 2 heteroatoms. The highest BCUT2D eigenvalue weighted by Gasteiger charge is 2.19. The van der Waals surface area contributed by atoms with Gasteiger partial charge in [0.05, 0.1) is 11.0 Å². The number of benzene rings is 10. The zero-order valence-corrected chi connectivity index (χ0v) is 32.3. The topological polar surface area (TPSA) is 16.4 Å². The van der Waals surface area contributed by atoms with Crippen LogP contribution in [0.2, 0.25) is 0 Å². The van der Waals surface area contributed by atoms with E-state index in [1.165, 1.54) is 0 Å². The predicted octanol–water partition coefficient (Wildman–Crippen LogP) is 16.5. The van der Waals surface area contributed by atoms with Gasteiger partial charge >= 0.3 is 0 Å². The van der Waals surface area contributed by atoms with E-state index in [1.807, 2.05) is 115 Å². The number of anilines is 3. The molecule has 1 heterocycles. The third-order valence-corrected chi connectivity index (χ3v) is 11.1. The number of furan rings is 1. The molecule has 0 N–H and O–H groups in total. The summed E-state index contributed by atoms with van der Waals surface area (Å²) in [6.45, 7) is 0. The molecule has 0 aliphatic rings. The Hall–Kier alpha value is -7.94. The summed E-state index contributed by atoms with van der Waals surface area (Å²) in [5.41, 5.74) is 10.5. The average molecular weight is 774 g/mol. The van der Waals surface area contributed by atoms with Crippen molar-refractivity contribution in [2.24, 2.45) is 0 Å². The van der Waals surface area contributed by atoms with Crippen molar-refractivity contribution < 1.29 is 15.4 Å². The molecule has 10 aromatic carbocycles. The molecule has 2 nitrogen and oxygen atoms in total. The molecular formula is C58H39NO. The Morgan fingerprint density at radius 2 is 0.733 bits per heavy atom. The largest absolute Gasteiger partial charge is 0.455 e. The van der Waals surface area contributed by atoms with Crippen molar-refractivity contribution in [3.8, 4) is 55.6 Å². The van der Waals surface area contributed by atoms with Gasteiger partial charge in [0, 0.05) is 33.2 Å². The molecule has 0 bridgehead atoms. The minimum Gasteiger partial charge on any atom is -0.455 e. The fourth-order valence-electron chi connectivity index (χ4n) is 8.11. The quantitative estimate of drug-likeness (QED) is 0.153. The van der Waals surface area contributed by atoms with Crippen LogP contribution in [0.1, 0.15) is 11.0 Å². The maximum atomic E-state index is 10.0. The zero-order valence-electron chi connectivity index (χ0n) is 40.3. The van der Waals surface area contributed by atoms with Gasteiger partial charge in [0.2, 0.25) is 0 Å². The van der Waals surface area contributed by atoms with E-state index in [0.29, 0.717) is 16.7 Å². The van der Waals surface area contributed by atoms with E-state index in [0.717, 1.165) is 50.4 Å². The molecule has 0 saturated carbocycles. The van der Waals surface area contributed by atoms with Gasteiger partial charge in [0.25, 0.3) is 0 Å². The van der Waals surface area contributed by atoms with Gasteiger partial charge in [-0.05, 0) is 110 Å². The summed E-state index contributed by atoms with van der Waals surface area (Å²) >= 11 is 0. The highest BCUT2D eigenvalue weighted by atomic mass is 16.3. The van der Waals surface area contributed by atoms with Crippen LogP contribution in [0.15, 0.2) is 241 Å². The molecule has 11 rings (SSSR count). The molecule has 0 unspecified atom stereocenters. The first-order valence-electron chi connectivity index (χ1n) is 23.8. The average Bonchev–Trinajstić information content (AvgIpc) is 3.79. The zero-order chi connectivity index (χ0) is 46.8. The molecule has 0 saturated heterocycles. The number of hydrogen-bond donors (Lipinski definition) is 0. The third kappa shape index (κ3) is 6.41. The molecule has 0 amide bonds. The second-order valence-corrected chi connectivity index (χ2v) is 14.7. The fraction of sp³-hybridized carbons (Fsp3) is 0. The minimum absolute atomic E-state index is 0.00268. The maximum absolute atomic E-state index is 10.0. The molecule has 11 aromatic rings. The molecule has 282 valence electrons. The van der Waals surface area contributed by atoms with Crippen LogP contribution in [0, 0.1) is 0 Å². The molecule has 0 radical (unpaired) electrons. The van der Waals surface area contributed by atoms with Crippen LogP contribution in [0.3, 0.4) is 0 Å². The van der Waals surface area contributed by atoms with E-state index in [4.69, 9.17) is 9.90 Å². The van der Waals surface area contributed by atoms with Gasteiger partial charge in [-0.2, -0.15) is 0 Å². The van der Waals surface area contributed by atoms with Crippen LogP contribution in [0.25, 0.3) is 88.3 Å². The van der Waals surface area contributed by atoms with E-state index in [1.54, 1.807) is 0 Å². The summed E-state index contributed by atoms with van der Waals surface area (Å²) in [4.78, 5) is 2.14. The van der Waals surface area contributed by atoms with Crippen molar-refractivity contribution >= 4 is 49.8 Å². The van der Waals surface area contributed by atoms with Gasteiger partial charge < -0.3 is 9.32 Å². The van der Waals surface area contributed by atoms with Gasteiger partial charge in [-0.3, -0.25) is 0 Å². The van der Waals surface area contributed by atoms with Crippen LogP contribution in [-0.4, -0.2) is 0 Å². The Morgan fingerprint density at radius 1 is 0.333 bits per heavy atom. The van der Waals surface area contributed by atoms with Crippen molar-refractivity contribution in [1.82, 2.24) is 0 Å². The third-order valence-electron chi connectivity index (χ3n) is 11.1. The number of fused-ring (bicyclic) bond motifs is 5. The molecule has 1 aromatic heterocycles. The van der Waals surface area contributed by atoms with Gasteiger partial charge in [-0.15, -0.1) is 0 Å². The fourth-order valence-corrected chi connectivity index (χ4v) is 8.11. The molecule has 0 atom stereocenters. The van der Waals surface area contributed by atoms with Gasteiger partial charge in [-0.1, -0.05) is 188 Å². The Bertz CT molecular complexity index is 3630. The van der Waals surface area contributed by atoms with Crippen molar-refractivity contribution in [2.45, 2.75) is 0 Å². The van der Waals surface area contributed by atoms with Crippen molar-refractivity contribution in [2.75, 3.05) is 4.90 Å². The number of nitrogens with zero attached hydrogens (tertiary/aromatic N) is 1. The molecule has 0 spiro atoms. The summed E-state index contributed by atoms with van der Waals surface area (Å²) in [7, 11) is 0.